The molecule has 0 aliphatic carbocycles. The highest BCUT2D eigenvalue weighted by atomic mass is 19.2. The summed E-state index contributed by atoms with van der Waals surface area (Å²) in [7, 11) is 0. The second-order valence-corrected chi connectivity index (χ2v) is 5.85. The average Bonchev–Trinajstić information content (AvgIpc) is 3.09. The molecule has 1 amide bonds. The van der Waals surface area contributed by atoms with Crippen LogP contribution >= 0.6 is 0 Å². The molecule has 2 atom stereocenters. The van der Waals surface area contributed by atoms with Gasteiger partial charge in [-0.3, -0.25) is 4.79 Å². The number of hydrogen-bond donors (Lipinski definition) is 2. The van der Waals surface area contributed by atoms with Gasteiger partial charge in [0.2, 0.25) is 0 Å². The Morgan fingerprint density at radius 2 is 1.84 bits per heavy atom. The molecule has 2 aromatic carbocycles. The fraction of sp³-hybridized carbons (Fsp3) is 0.278. The van der Waals surface area contributed by atoms with E-state index >= 15 is 0 Å². The summed E-state index contributed by atoms with van der Waals surface area (Å²) in [6, 6.07) is 8.29. The number of hydrogen-bond acceptors (Lipinski definition) is 3. The Morgan fingerprint density at radius 3 is 2.48 bits per heavy atom. The Morgan fingerprint density at radius 1 is 1.16 bits per heavy atom. The Bertz CT molecular complexity index is 775. The van der Waals surface area contributed by atoms with E-state index in [-0.39, 0.29) is 17.6 Å². The largest absolute Gasteiger partial charge is 0.364 e. The van der Waals surface area contributed by atoms with Crippen LogP contribution in [0.1, 0.15) is 12.8 Å². The third kappa shape index (κ3) is 3.67. The number of halogens is 3. The van der Waals surface area contributed by atoms with Crippen LogP contribution in [0.2, 0.25) is 0 Å². The number of para-hydroxylation sites is 1. The Hall–Kier alpha value is -2.38. The second kappa shape index (κ2) is 7.25. The maximum Gasteiger partial charge on any atom is 0.253 e. The van der Waals surface area contributed by atoms with Gasteiger partial charge in [-0.05, 0) is 36.6 Å². The van der Waals surface area contributed by atoms with Crippen LogP contribution in [0.3, 0.4) is 0 Å². The van der Waals surface area contributed by atoms with Crippen molar-refractivity contribution in [1.29, 1.82) is 0 Å². The fourth-order valence-corrected chi connectivity index (χ4v) is 2.84. The molecule has 1 heterocycles. The number of benzene rings is 2. The smallest absolute Gasteiger partial charge is 0.253 e. The number of carbonyl (C=O) groups excluding carboxylic acids is 1. The van der Waals surface area contributed by atoms with E-state index in [2.05, 4.69) is 5.32 Å². The van der Waals surface area contributed by atoms with E-state index in [1.54, 1.807) is 24.3 Å². The number of rotatable bonds is 4. The van der Waals surface area contributed by atoms with Crippen molar-refractivity contribution in [2.75, 3.05) is 11.9 Å². The lowest BCUT2D eigenvalue weighted by atomic mass is 10.0. The van der Waals surface area contributed by atoms with Gasteiger partial charge in [0, 0.05) is 17.8 Å². The van der Waals surface area contributed by atoms with E-state index in [1.165, 1.54) is 0 Å². The van der Waals surface area contributed by atoms with Crippen LogP contribution in [0.4, 0.5) is 18.9 Å². The second-order valence-electron chi connectivity index (χ2n) is 5.85. The minimum Gasteiger partial charge on any atom is -0.364 e. The summed E-state index contributed by atoms with van der Waals surface area (Å²) in [4.78, 5) is 12.4. The summed E-state index contributed by atoms with van der Waals surface area (Å²) in [6.07, 6.45) is 0.481. The monoisotopic (exact) mass is 350 g/mol. The molecule has 0 saturated carbocycles. The number of nitrogens with one attached hydrogen (secondary N) is 1. The maximum absolute atomic E-state index is 13.5. The molecule has 1 aliphatic heterocycles. The first-order valence-electron chi connectivity index (χ1n) is 7.90. The van der Waals surface area contributed by atoms with Gasteiger partial charge in [-0.2, -0.15) is 0 Å². The van der Waals surface area contributed by atoms with Crippen LogP contribution in [0.15, 0.2) is 36.4 Å². The number of anilines is 1. The number of amides is 1. The summed E-state index contributed by atoms with van der Waals surface area (Å²) in [6.45, 7) is 0.342. The predicted octanol–water partition coefficient (Wildman–Crippen LogP) is 3.22. The standard InChI is InChI=1S/C18H17F3N2O2/c19-13-7-10(8-14(20)17(13)21)12-3-1-2-4-15(12)23-18(24)16-6-5-11(9-22)25-16/h1-4,7-8,11,16H,5-6,9,22H2,(H,23,24)/t11-,16+/m1/s1. The van der Waals surface area contributed by atoms with E-state index in [9.17, 15) is 18.0 Å². The lowest BCUT2D eigenvalue weighted by Crippen LogP contribution is -2.30. The molecule has 3 N–H and O–H groups in total. The van der Waals surface area contributed by atoms with E-state index in [1.807, 2.05) is 0 Å². The van der Waals surface area contributed by atoms with E-state index in [4.69, 9.17) is 10.5 Å². The molecule has 0 spiro atoms. The Kier molecular flexibility index (Phi) is 5.06. The molecule has 132 valence electrons. The van der Waals surface area contributed by atoms with Gasteiger partial charge in [-0.1, -0.05) is 18.2 Å². The summed E-state index contributed by atoms with van der Waals surface area (Å²) in [5.41, 5.74) is 6.39. The Labute approximate surface area is 142 Å². The maximum atomic E-state index is 13.5. The van der Waals surface area contributed by atoms with Crippen LogP contribution in [0, 0.1) is 17.5 Å². The minimum atomic E-state index is -1.53. The average molecular weight is 350 g/mol. The first-order valence-corrected chi connectivity index (χ1v) is 7.90. The molecule has 0 bridgehead atoms. The SMILES string of the molecule is NC[C@H]1CC[C@@H](C(=O)Nc2ccccc2-c2cc(F)c(F)c(F)c2)O1. The quantitative estimate of drug-likeness (QED) is 0.832. The lowest BCUT2D eigenvalue weighted by molar-refractivity contribution is -0.126. The van der Waals surface area contributed by atoms with Crippen molar-refractivity contribution in [3.8, 4) is 11.1 Å². The van der Waals surface area contributed by atoms with Gasteiger partial charge in [0.15, 0.2) is 17.5 Å². The zero-order valence-electron chi connectivity index (χ0n) is 13.3. The van der Waals surface area contributed by atoms with Gasteiger partial charge >= 0.3 is 0 Å². The van der Waals surface area contributed by atoms with Crippen molar-refractivity contribution in [3.05, 3.63) is 53.8 Å². The van der Waals surface area contributed by atoms with Gasteiger partial charge in [0.1, 0.15) is 6.10 Å². The van der Waals surface area contributed by atoms with Gasteiger partial charge in [-0.25, -0.2) is 13.2 Å². The number of ether oxygens (including phenoxy) is 1. The number of nitrogens with two attached hydrogens (primary N) is 1. The highest BCUT2D eigenvalue weighted by Gasteiger charge is 2.30. The summed E-state index contributed by atoms with van der Waals surface area (Å²) >= 11 is 0. The van der Waals surface area contributed by atoms with Gasteiger partial charge in [0.05, 0.1) is 6.10 Å². The van der Waals surface area contributed by atoms with Crippen LogP contribution in [-0.4, -0.2) is 24.7 Å². The van der Waals surface area contributed by atoms with Crippen molar-refractivity contribution in [1.82, 2.24) is 0 Å². The van der Waals surface area contributed by atoms with Crippen molar-refractivity contribution in [3.63, 3.8) is 0 Å². The molecule has 25 heavy (non-hydrogen) atoms. The zero-order chi connectivity index (χ0) is 18.0. The molecular formula is C18H17F3N2O2. The van der Waals surface area contributed by atoms with E-state index in [0.717, 1.165) is 12.1 Å². The third-order valence-corrected chi connectivity index (χ3v) is 4.14. The zero-order valence-corrected chi connectivity index (χ0v) is 13.3. The van der Waals surface area contributed by atoms with Gasteiger partial charge in [0.25, 0.3) is 5.91 Å². The van der Waals surface area contributed by atoms with Gasteiger partial charge in [-0.15, -0.1) is 0 Å². The third-order valence-electron chi connectivity index (χ3n) is 4.14. The molecule has 4 nitrogen and oxygen atoms in total. The first-order chi connectivity index (χ1) is 12.0. The molecule has 1 fully saturated rings. The molecule has 1 aliphatic rings. The fourth-order valence-electron chi connectivity index (χ4n) is 2.84. The first kappa shape index (κ1) is 17.4. The molecule has 0 radical (unpaired) electrons. The van der Waals surface area contributed by atoms with Crippen LogP contribution in [0.25, 0.3) is 11.1 Å². The summed E-state index contributed by atoms with van der Waals surface area (Å²) < 4.78 is 45.7. The summed E-state index contributed by atoms with van der Waals surface area (Å²) in [5, 5.41) is 2.71. The van der Waals surface area contributed by atoms with Crippen LogP contribution in [-0.2, 0) is 9.53 Å². The lowest BCUT2D eigenvalue weighted by Gasteiger charge is -2.15. The topological polar surface area (TPSA) is 64.4 Å². The van der Waals surface area contributed by atoms with Crippen molar-refractivity contribution < 1.29 is 22.7 Å². The van der Waals surface area contributed by atoms with Crippen LogP contribution in [0.5, 0.6) is 0 Å². The molecule has 0 aromatic heterocycles. The molecule has 2 aromatic rings. The van der Waals surface area contributed by atoms with E-state index in [0.29, 0.717) is 30.6 Å². The highest BCUT2D eigenvalue weighted by Crippen LogP contribution is 2.31. The number of carbonyl (C=O) groups is 1. The predicted molar refractivity (Wildman–Crippen MR) is 87.3 cm³/mol. The van der Waals surface area contributed by atoms with E-state index < -0.39 is 23.6 Å². The summed E-state index contributed by atoms with van der Waals surface area (Å²) in [5.74, 6) is -4.47. The minimum absolute atomic E-state index is 0.125. The van der Waals surface area contributed by atoms with Crippen molar-refractivity contribution >= 4 is 11.6 Å². The van der Waals surface area contributed by atoms with Crippen LogP contribution < -0.4 is 11.1 Å². The molecule has 0 unspecified atom stereocenters. The van der Waals surface area contributed by atoms with Crippen molar-refractivity contribution in [2.45, 2.75) is 25.0 Å². The van der Waals surface area contributed by atoms with Crippen molar-refractivity contribution in [2.24, 2.45) is 5.73 Å². The normalized spacial score (nSPS) is 19.8. The molecular weight excluding hydrogens is 333 g/mol. The highest BCUT2D eigenvalue weighted by molar-refractivity contribution is 5.98. The molecule has 7 heteroatoms. The Balaban J connectivity index is 1.86. The molecule has 3 rings (SSSR count). The molecule has 1 saturated heterocycles. The van der Waals surface area contributed by atoms with Gasteiger partial charge < -0.3 is 15.8 Å².